The molecule has 2 N–H and O–H groups in total. The summed E-state index contributed by atoms with van der Waals surface area (Å²) < 4.78 is 13.2. The van der Waals surface area contributed by atoms with Gasteiger partial charge in [-0.25, -0.2) is 4.98 Å². The molecule has 0 spiro atoms. The number of rotatable bonds is 6. The molecule has 0 saturated carbocycles. The SMILES string of the molecule is CCn1cncc1COc1c(CN)cc(Cl)cc1OC. The summed E-state index contributed by atoms with van der Waals surface area (Å²) in [6, 6.07) is 3.50. The second-order valence-electron chi connectivity index (χ2n) is 4.26. The Labute approximate surface area is 123 Å². The molecule has 0 saturated heterocycles. The highest BCUT2D eigenvalue weighted by Crippen LogP contribution is 2.35. The highest BCUT2D eigenvalue weighted by Gasteiger charge is 2.13. The number of nitrogens with two attached hydrogens (primary N) is 1. The number of benzene rings is 1. The number of ether oxygens (including phenoxy) is 2. The van der Waals surface area contributed by atoms with Gasteiger partial charge in [0.05, 0.1) is 25.3 Å². The Morgan fingerprint density at radius 3 is 2.85 bits per heavy atom. The second-order valence-corrected chi connectivity index (χ2v) is 4.70. The Morgan fingerprint density at radius 2 is 2.20 bits per heavy atom. The molecule has 108 valence electrons. The minimum atomic E-state index is 0.333. The molecule has 1 aromatic carbocycles. The molecule has 1 heterocycles. The molecule has 2 rings (SSSR count). The van der Waals surface area contributed by atoms with Crippen LogP contribution in [-0.4, -0.2) is 16.7 Å². The van der Waals surface area contributed by atoms with Crippen LogP contribution in [0.5, 0.6) is 11.5 Å². The summed E-state index contributed by atoms with van der Waals surface area (Å²) in [4.78, 5) is 4.11. The maximum atomic E-state index is 6.02. The summed E-state index contributed by atoms with van der Waals surface area (Å²) >= 11 is 6.02. The summed E-state index contributed by atoms with van der Waals surface area (Å²) in [7, 11) is 1.58. The number of halogens is 1. The third-order valence-electron chi connectivity index (χ3n) is 3.04. The van der Waals surface area contributed by atoms with Crippen LogP contribution in [0.15, 0.2) is 24.7 Å². The topological polar surface area (TPSA) is 62.3 Å². The largest absolute Gasteiger partial charge is 0.493 e. The van der Waals surface area contributed by atoms with Crippen molar-refractivity contribution in [3.05, 3.63) is 40.9 Å². The molecule has 0 bridgehead atoms. The summed E-state index contributed by atoms with van der Waals surface area (Å²) in [6.45, 7) is 3.64. The van der Waals surface area contributed by atoms with Gasteiger partial charge in [-0.2, -0.15) is 0 Å². The molecule has 0 unspecified atom stereocenters. The smallest absolute Gasteiger partial charge is 0.166 e. The molecule has 20 heavy (non-hydrogen) atoms. The molecule has 2 aromatic rings. The van der Waals surface area contributed by atoms with Gasteiger partial charge in [0.2, 0.25) is 0 Å². The van der Waals surface area contributed by atoms with Gasteiger partial charge in [-0.15, -0.1) is 0 Å². The van der Waals surface area contributed by atoms with E-state index in [1.54, 1.807) is 31.8 Å². The summed E-state index contributed by atoms with van der Waals surface area (Å²) in [5.41, 5.74) is 7.55. The van der Waals surface area contributed by atoms with Crippen LogP contribution in [0.3, 0.4) is 0 Å². The van der Waals surface area contributed by atoms with Gasteiger partial charge >= 0.3 is 0 Å². The number of imidazole rings is 1. The van der Waals surface area contributed by atoms with Gasteiger partial charge in [0, 0.05) is 29.7 Å². The van der Waals surface area contributed by atoms with Crippen molar-refractivity contribution in [1.82, 2.24) is 9.55 Å². The molecule has 0 aliphatic carbocycles. The predicted octanol–water partition coefficient (Wildman–Crippen LogP) is 2.60. The quantitative estimate of drug-likeness (QED) is 0.890. The monoisotopic (exact) mass is 295 g/mol. The van der Waals surface area contributed by atoms with E-state index in [9.17, 15) is 0 Å². The maximum absolute atomic E-state index is 6.02. The van der Waals surface area contributed by atoms with Crippen molar-refractivity contribution in [1.29, 1.82) is 0 Å². The van der Waals surface area contributed by atoms with Crippen molar-refractivity contribution in [3.8, 4) is 11.5 Å². The third-order valence-corrected chi connectivity index (χ3v) is 3.26. The van der Waals surface area contributed by atoms with Gasteiger partial charge in [-0.3, -0.25) is 0 Å². The first kappa shape index (κ1) is 14.7. The van der Waals surface area contributed by atoms with Gasteiger partial charge < -0.3 is 19.8 Å². The molecule has 0 atom stereocenters. The number of methoxy groups -OCH3 is 1. The van der Waals surface area contributed by atoms with E-state index in [1.165, 1.54) is 0 Å². The van der Waals surface area contributed by atoms with Crippen LogP contribution >= 0.6 is 11.6 Å². The average molecular weight is 296 g/mol. The molecule has 0 radical (unpaired) electrons. The van der Waals surface area contributed by atoms with E-state index in [0.29, 0.717) is 29.7 Å². The minimum Gasteiger partial charge on any atom is -0.493 e. The Hall–Kier alpha value is -1.72. The number of nitrogens with zero attached hydrogens (tertiary/aromatic N) is 2. The van der Waals surface area contributed by atoms with E-state index in [0.717, 1.165) is 17.8 Å². The van der Waals surface area contributed by atoms with Gasteiger partial charge in [0.15, 0.2) is 11.5 Å². The van der Waals surface area contributed by atoms with Crippen LogP contribution in [0.25, 0.3) is 0 Å². The predicted molar refractivity (Wildman–Crippen MR) is 78.1 cm³/mol. The third kappa shape index (κ3) is 3.05. The first-order valence-electron chi connectivity index (χ1n) is 6.37. The van der Waals surface area contributed by atoms with E-state index in [4.69, 9.17) is 26.8 Å². The van der Waals surface area contributed by atoms with Crippen LogP contribution in [0.2, 0.25) is 5.02 Å². The summed E-state index contributed by atoms with van der Waals surface area (Å²) in [5.74, 6) is 1.21. The van der Waals surface area contributed by atoms with Crippen LogP contribution < -0.4 is 15.2 Å². The molecule has 6 heteroatoms. The molecule has 0 fully saturated rings. The van der Waals surface area contributed by atoms with Crippen molar-refractivity contribution in [3.63, 3.8) is 0 Å². The first-order chi connectivity index (χ1) is 9.69. The zero-order chi connectivity index (χ0) is 14.5. The van der Waals surface area contributed by atoms with Gasteiger partial charge in [0.25, 0.3) is 0 Å². The second kappa shape index (κ2) is 6.63. The molecule has 5 nitrogen and oxygen atoms in total. The van der Waals surface area contributed by atoms with Crippen LogP contribution in [0.4, 0.5) is 0 Å². The van der Waals surface area contributed by atoms with Crippen molar-refractivity contribution < 1.29 is 9.47 Å². The fourth-order valence-corrected chi connectivity index (χ4v) is 2.22. The lowest BCUT2D eigenvalue weighted by atomic mass is 10.2. The summed E-state index contributed by atoms with van der Waals surface area (Å²) in [5, 5.41) is 0.577. The van der Waals surface area contributed by atoms with Gasteiger partial charge in [-0.05, 0) is 13.0 Å². The molecular formula is C14H18ClN3O2. The average Bonchev–Trinajstić information content (AvgIpc) is 2.92. The zero-order valence-corrected chi connectivity index (χ0v) is 12.4. The normalized spacial score (nSPS) is 10.6. The Bertz CT molecular complexity index is 559. The van der Waals surface area contributed by atoms with Crippen LogP contribution in [0.1, 0.15) is 18.2 Å². The van der Waals surface area contributed by atoms with Crippen molar-refractivity contribution in [2.45, 2.75) is 26.6 Å². The van der Waals surface area contributed by atoms with E-state index in [2.05, 4.69) is 11.9 Å². The Kier molecular flexibility index (Phi) is 4.87. The molecule has 0 aliphatic rings. The number of aromatic nitrogens is 2. The Morgan fingerprint density at radius 1 is 1.40 bits per heavy atom. The Balaban J connectivity index is 2.24. The number of aryl methyl sites for hydroxylation is 1. The summed E-state index contributed by atoms with van der Waals surface area (Å²) in [6.07, 6.45) is 3.57. The number of hydrogen-bond acceptors (Lipinski definition) is 4. The van der Waals surface area contributed by atoms with Crippen LogP contribution in [0, 0.1) is 0 Å². The van der Waals surface area contributed by atoms with Crippen molar-refractivity contribution in [2.24, 2.45) is 5.73 Å². The number of hydrogen-bond donors (Lipinski definition) is 1. The fourth-order valence-electron chi connectivity index (χ4n) is 1.99. The molecule has 0 aliphatic heterocycles. The lowest BCUT2D eigenvalue weighted by Gasteiger charge is -2.15. The first-order valence-corrected chi connectivity index (χ1v) is 6.75. The standard InChI is InChI=1S/C14H18ClN3O2/c1-3-18-9-17-7-12(18)8-20-14-10(6-16)4-11(15)5-13(14)19-2/h4-5,7,9H,3,6,8,16H2,1-2H3. The minimum absolute atomic E-state index is 0.333. The van der Waals surface area contributed by atoms with Crippen molar-refractivity contribution in [2.75, 3.05) is 7.11 Å². The highest BCUT2D eigenvalue weighted by molar-refractivity contribution is 6.30. The molecule has 0 amide bonds. The highest BCUT2D eigenvalue weighted by atomic mass is 35.5. The lowest BCUT2D eigenvalue weighted by Crippen LogP contribution is -2.07. The molecule has 1 aromatic heterocycles. The van der Waals surface area contributed by atoms with E-state index >= 15 is 0 Å². The lowest BCUT2D eigenvalue weighted by molar-refractivity contribution is 0.273. The van der Waals surface area contributed by atoms with E-state index < -0.39 is 0 Å². The fraction of sp³-hybridized carbons (Fsp3) is 0.357. The van der Waals surface area contributed by atoms with Crippen molar-refractivity contribution >= 4 is 11.6 Å². The maximum Gasteiger partial charge on any atom is 0.166 e. The zero-order valence-electron chi connectivity index (χ0n) is 11.6. The van der Waals surface area contributed by atoms with Gasteiger partial charge in [-0.1, -0.05) is 11.6 Å². The molecular weight excluding hydrogens is 278 g/mol. The van der Waals surface area contributed by atoms with E-state index in [1.807, 2.05) is 4.57 Å². The van der Waals surface area contributed by atoms with Gasteiger partial charge in [0.1, 0.15) is 6.61 Å². The van der Waals surface area contributed by atoms with Crippen LogP contribution in [-0.2, 0) is 19.7 Å². The van der Waals surface area contributed by atoms with E-state index in [-0.39, 0.29) is 0 Å².